The fraction of sp³-hybridized carbons (Fsp3) is 0.476. The van der Waals surface area contributed by atoms with E-state index in [4.69, 9.17) is 14.5 Å². The molecule has 9 heteroatoms. The van der Waals surface area contributed by atoms with Crippen molar-refractivity contribution < 1.29 is 14.3 Å². The van der Waals surface area contributed by atoms with E-state index in [1.165, 1.54) is 6.33 Å². The molecule has 3 aromatic heterocycles. The van der Waals surface area contributed by atoms with Crippen LogP contribution in [0.4, 0.5) is 0 Å². The van der Waals surface area contributed by atoms with Crippen LogP contribution in [0.2, 0.25) is 0 Å². The highest BCUT2D eigenvalue weighted by molar-refractivity contribution is 5.82. The Balaban J connectivity index is 1.43. The van der Waals surface area contributed by atoms with Crippen LogP contribution in [0.25, 0.3) is 22.7 Å². The smallest absolute Gasteiger partial charge is 0.245 e. The number of rotatable bonds is 6. The van der Waals surface area contributed by atoms with Crippen LogP contribution in [0.5, 0.6) is 11.6 Å². The van der Waals surface area contributed by atoms with Crippen LogP contribution in [0.1, 0.15) is 26.2 Å². The van der Waals surface area contributed by atoms with Gasteiger partial charge in [0.2, 0.25) is 11.8 Å². The second-order valence-corrected chi connectivity index (χ2v) is 7.70. The molecule has 2 fully saturated rings. The molecular weight excluding hydrogens is 384 g/mol. The normalized spacial score (nSPS) is 18.7. The first-order valence-electron chi connectivity index (χ1n) is 10.3. The number of aromatic nitrogens is 5. The van der Waals surface area contributed by atoms with Gasteiger partial charge < -0.3 is 18.9 Å². The zero-order valence-electron chi connectivity index (χ0n) is 17.1. The molecule has 3 aromatic rings. The maximum atomic E-state index is 12.3. The molecule has 1 atom stereocenters. The molecule has 0 aromatic carbocycles. The summed E-state index contributed by atoms with van der Waals surface area (Å²) in [5.74, 6) is 2.34. The first-order chi connectivity index (χ1) is 14.7. The average Bonchev–Trinajstić information content (AvgIpc) is 3.41. The number of amides is 1. The van der Waals surface area contributed by atoms with Crippen molar-refractivity contribution in [1.82, 2.24) is 29.4 Å². The highest BCUT2D eigenvalue weighted by Crippen LogP contribution is 2.33. The Kier molecular flexibility index (Phi) is 4.72. The van der Waals surface area contributed by atoms with Gasteiger partial charge in [0.25, 0.3) is 0 Å². The van der Waals surface area contributed by atoms with Crippen molar-refractivity contribution in [3.8, 4) is 23.1 Å². The molecule has 0 N–H and O–H groups in total. The predicted octanol–water partition coefficient (Wildman–Crippen LogP) is 2.31. The number of methoxy groups -OCH3 is 1. The van der Waals surface area contributed by atoms with Crippen LogP contribution in [0.15, 0.2) is 24.7 Å². The van der Waals surface area contributed by atoms with E-state index in [1.807, 2.05) is 28.5 Å². The number of nitrogens with zero attached hydrogens (tertiary/aromatic N) is 6. The second-order valence-electron chi connectivity index (χ2n) is 7.70. The highest BCUT2D eigenvalue weighted by atomic mass is 16.5. The number of hydrogen-bond donors (Lipinski definition) is 0. The van der Waals surface area contributed by atoms with Gasteiger partial charge in [0.15, 0.2) is 17.0 Å². The van der Waals surface area contributed by atoms with Gasteiger partial charge in [-0.15, -0.1) is 0 Å². The van der Waals surface area contributed by atoms with Gasteiger partial charge in [-0.25, -0.2) is 15.0 Å². The average molecular weight is 408 g/mol. The molecule has 1 amide bonds. The number of fused-ring (bicyclic) bond motifs is 1. The monoisotopic (exact) mass is 408 g/mol. The van der Waals surface area contributed by atoms with Crippen LogP contribution in [0.3, 0.4) is 0 Å². The van der Waals surface area contributed by atoms with Gasteiger partial charge in [-0.1, -0.05) is 0 Å². The van der Waals surface area contributed by atoms with Crippen molar-refractivity contribution in [2.24, 2.45) is 5.92 Å². The van der Waals surface area contributed by atoms with Gasteiger partial charge >= 0.3 is 0 Å². The summed E-state index contributed by atoms with van der Waals surface area (Å²) in [6, 6.07) is 3.73. The number of pyridine rings is 1. The molecule has 1 unspecified atom stereocenters. The molecule has 4 heterocycles. The van der Waals surface area contributed by atoms with Crippen molar-refractivity contribution in [3.63, 3.8) is 0 Å². The summed E-state index contributed by atoms with van der Waals surface area (Å²) in [5.41, 5.74) is 2.04. The van der Waals surface area contributed by atoms with Gasteiger partial charge in [0, 0.05) is 25.4 Å². The Morgan fingerprint density at radius 1 is 1.20 bits per heavy atom. The third-order valence-corrected chi connectivity index (χ3v) is 5.68. The SMILES string of the molecule is CCn1c(-c2ccc(OC)cn2)nc2c(OC3CCN(C(=O)C4CC4)C3)ncnc21. The fourth-order valence-electron chi connectivity index (χ4n) is 3.90. The van der Waals surface area contributed by atoms with Crippen LogP contribution in [-0.4, -0.2) is 61.6 Å². The molecule has 9 nitrogen and oxygen atoms in total. The molecular formula is C21H24N6O3. The maximum Gasteiger partial charge on any atom is 0.245 e. The third-order valence-electron chi connectivity index (χ3n) is 5.68. The summed E-state index contributed by atoms with van der Waals surface area (Å²) < 4.78 is 13.4. The van der Waals surface area contributed by atoms with E-state index in [1.54, 1.807) is 13.3 Å². The lowest BCUT2D eigenvalue weighted by molar-refractivity contribution is -0.131. The van der Waals surface area contributed by atoms with E-state index in [0.717, 1.165) is 31.5 Å². The Hall–Kier alpha value is -3.23. The number of aryl methyl sites for hydroxylation is 1. The van der Waals surface area contributed by atoms with Crippen molar-refractivity contribution in [2.45, 2.75) is 38.8 Å². The third kappa shape index (κ3) is 3.34. The first kappa shape index (κ1) is 18.8. The molecule has 0 bridgehead atoms. The van der Waals surface area contributed by atoms with Crippen molar-refractivity contribution in [2.75, 3.05) is 20.2 Å². The number of ether oxygens (including phenoxy) is 2. The zero-order chi connectivity index (χ0) is 20.7. The number of carbonyl (C=O) groups is 1. The van der Waals surface area contributed by atoms with Crippen LogP contribution < -0.4 is 9.47 Å². The quantitative estimate of drug-likeness (QED) is 0.618. The van der Waals surface area contributed by atoms with Crippen LogP contribution in [-0.2, 0) is 11.3 Å². The number of carbonyl (C=O) groups excluding carboxylic acids is 1. The first-order valence-corrected chi connectivity index (χ1v) is 10.3. The summed E-state index contributed by atoms with van der Waals surface area (Å²) in [7, 11) is 1.61. The molecule has 2 aliphatic rings. The van der Waals surface area contributed by atoms with Gasteiger partial charge in [0.05, 0.1) is 19.9 Å². The topological polar surface area (TPSA) is 95.3 Å². The molecule has 1 aliphatic carbocycles. The fourth-order valence-corrected chi connectivity index (χ4v) is 3.90. The summed E-state index contributed by atoms with van der Waals surface area (Å²) in [6.07, 6.45) is 5.92. The summed E-state index contributed by atoms with van der Waals surface area (Å²) >= 11 is 0. The minimum Gasteiger partial charge on any atom is -0.495 e. The predicted molar refractivity (Wildman–Crippen MR) is 109 cm³/mol. The molecule has 5 rings (SSSR count). The largest absolute Gasteiger partial charge is 0.495 e. The van der Waals surface area contributed by atoms with E-state index < -0.39 is 0 Å². The maximum absolute atomic E-state index is 12.3. The molecule has 1 saturated heterocycles. The lowest BCUT2D eigenvalue weighted by Crippen LogP contribution is -2.32. The van der Waals surface area contributed by atoms with E-state index in [2.05, 4.69) is 15.0 Å². The summed E-state index contributed by atoms with van der Waals surface area (Å²) in [4.78, 5) is 32.3. The Morgan fingerprint density at radius 2 is 2.07 bits per heavy atom. The summed E-state index contributed by atoms with van der Waals surface area (Å²) in [5, 5.41) is 0. The number of imidazole rings is 1. The number of hydrogen-bond acceptors (Lipinski definition) is 7. The van der Waals surface area contributed by atoms with Crippen molar-refractivity contribution in [1.29, 1.82) is 0 Å². The van der Waals surface area contributed by atoms with Gasteiger partial charge in [0.1, 0.15) is 23.9 Å². The minimum absolute atomic E-state index is 0.0832. The van der Waals surface area contributed by atoms with Crippen LogP contribution >= 0.6 is 0 Å². The number of likely N-dealkylation sites (tertiary alicyclic amines) is 1. The standard InChI is InChI=1S/C21H24N6O3/c1-3-27-18(16-7-6-14(29-2)10-22-16)25-17-19(27)23-12-24-20(17)30-15-8-9-26(11-15)21(28)13-4-5-13/h6-7,10,12-13,15H,3-5,8-9,11H2,1-2H3. The molecule has 156 valence electrons. The highest BCUT2D eigenvalue weighted by Gasteiger charge is 2.37. The molecule has 30 heavy (non-hydrogen) atoms. The Morgan fingerprint density at radius 3 is 2.77 bits per heavy atom. The molecule has 0 spiro atoms. The van der Waals surface area contributed by atoms with Crippen molar-refractivity contribution >= 4 is 17.1 Å². The van der Waals surface area contributed by atoms with Gasteiger partial charge in [-0.2, -0.15) is 4.98 Å². The van der Waals surface area contributed by atoms with Gasteiger partial charge in [-0.05, 0) is 31.9 Å². The summed E-state index contributed by atoms with van der Waals surface area (Å²) in [6.45, 7) is 4.05. The molecule has 1 aliphatic heterocycles. The Labute approximate surface area is 174 Å². The van der Waals surface area contributed by atoms with E-state index in [9.17, 15) is 4.79 Å². The second kappa shape index (κ2) is 7.55. The lowest BCUT2D eigenvalue weighted by Gasteiger charge is -2.16. The van der Waals surface area contributed by atoms with Crippen molar-refractivity contribution in [3.05, 3.63) is 24.7 Å². The lowest BCUT2D eigenvalue weighted by atomic mass is 10.3. The minimum atomic E-state index is -0.0832. The molecule has 0 radical (unpaired) electrons. The van der Waals surface area contributed by atoms with E-state index in [-0.39, 0.29) is 17.9 Å². The zero-order valence-corrected chi connectivity index (χ0v) is 17.1. The van der Waals surface area contributed by atoms with E-state index in [0.29, 0.717) is 41.7 Å². The molecule has 1 saturated carbocycles. The van der Waals surface area contributed by atoms with Crippen LogP contribution in [0, 0.1) is 5.92 Å². The van der Waals surface area contributed by atoms with E-state index >= 15 is 0 Å². The van der Waals surface area contributed by atoms with Gasteiger partial charge in [-0.3, -0.25) is 4.79 Å². The Bertz CT molecular complexity index is 1080.